The predicted molar refractivity (Wildman–Crippen MR) is 79.3 cm³/mol. The minimum Gasteiger partial charge on any atom is -0.225 e. The van der Waals surface area contributed by atoms with Gasteiger partial charge >= 0.3 is 0 Å². The second-order valence-corrected chi connectivity index (χ2v) is 6.34. The van der Waals surface area contributed by atoms with Crippen molar-refractivity contribution in [2.75, 3.05) is 5.33 Å². The summed E-state index contributed by atoms with van der Waals surface area (Å²) in [6.07, 6.45) is 6.45. The molecule has 0 aromatic heterocycles. The predicted octanol–water partition coefficient (Wildman–Crippen LogP) is 5.95. The summed E-state index contributed by atoms with van der Waals surface area (Å²) in [5, 5.41) is 1.12. The van der Waals surface area contributed by atoms with Crippen LogP contribution in [0.25, 0.3) is 0 Å². The highest BCUT2D eigenvalue weighted by atomic mass is 79.9. The maximum absolute atomic E-state index is 12.9. The van der Waals surface area contributed by atoms with E-state index in [0.717, 1.165) is 11.2 Å². The van der Waals surface area contributed by atoms with E-state index >= 15 is 0 Å². The summed E-state index contributed by atoms with van der Waals surface area (Å²) in [5.74, 6) is 1.54. The number of hydrogen-bond donors (Lipinski definition) is 0. The fraction of sp³-hybridized carbons (Fsp3) is 0.600. The van der Waals surface area contributed by atoms with Crippen molar-refractivity contribution in [1.29, 1.82) is 0 Å². The number of alkyl halides is 3. The SMILES string of the molecule is FC(Cl)c1ccc([C@H]2CC[C@H](CCBr)CC2)cc1. The van der Waals surface area contributed by atoms with E-state index in [9.17, 15) is 4.39 Å². The molecule has 0 amide bonds. The van der Waals surface area contributed by atoms with E-state index in [2.05, 4.69) is 15.9 Å². The van der Waals surface area contributed by atoms with Crippen LogP contribution in [0, 0.1) is 5.92 Å². The summed E-state index contributed by atoms with van der Waals surface area (Å²) in [7, 11) is 0. The third-order valence-corrected chi connectivity index (χ3v) is 4.73. The van der Waals surface area contributed by atoms with E-state index in [4.69, 9.17) is 11.6 Å². The number of hydrogen-bond acceptors (Lipinski definition) is 0. The first-order chi connectivity index (χ1) is 8.70. The minimum absolute atomic E-state index is 0.563. The molecule has 2 rings (SSSR count). The molecule has 3 heteroatoms. The van der Waals surface area contributed by atoms with Gasteiger partial charge in [0.1, 0.15) is 0 Å². The Morgan fingerprint density at radius 3 is 2.28 bits per heavy atom. The van der Waals surface area contributed by atoms with Gasteiger partial charge in [0.15, 0.2) is 5.63 Å². The van der Waals surface area contributed by atoms with Crippen LogP contribution in [0.5, 0.6) is 0 Å². The van der Waals surface area contributed by atoms with Gasteiger partial charge in [-0.1, -0.05) is 51.8 Å². The van der Waals surface area contributed by atoms with Crippen LogP contribution in [0.15, 0.2) is 24.3 Å². The molecule has 1 aromatic carbocycles. The first-order valence-electron chi connectivity index (χ1n) is 6.64. The summed E-state index contributed by atoms with van der Waals surface area (Å²) in [6.45, 7) is 0. The maximum atomic E-state index is 12.9. The summed E-state index contributed by atoms with van der Waals surface area (Å²) in [4.78, 5) is 0. The second kappa shape index (κ2) is 6.91. The number of halogens is 3. The van der Waals surface area contributed by atoms with E-state index in [1.165, 1.54) is 37.7 Å². The van der Waals surface area contributed by atoms with Crippen molar-refractivity contribution in [2.24, 2.45) is 5.92 Å². The average Bonchev–Trinajstić information content (AvgIpc) is 2.40. The Morgan fingerprint density at radius 2 is 1.78 bits per heavy atom. The summed E-state index contributed by atoms with van der Waals surface area (Å²) < 4.78 is 12.9. The van der Waals surface area contributed by atoms with Gasteiger partial charge in [0.2, 0.25) is 0 Å². The van der Waals surface area contributed by atoms with E-state index < -0.39 is 5.63 Å². The zero-order valence-corrected chi connectivity index (χ0v) is 12.8. The van der Waals surface area contributed by atoms with Crippen molar-refractivity contribution < 1.29 is 4.39 Å². The molecule has 18 heavy (non-hydrogen) atoms. The first-order valence-corrected chi connectivity index (χ1v) is 8.20. The normalized spacial score (nSPS) is 25.9. The summed E-state index contributed by atoms with van der Waals surface area (Å²) in [5.41, 5.74) is 0.524. The monoisotopic (exact) mass is 332 g/mol. The highest BCUT2D eigenvalue weighted by Crippen LogP contribution is 2.37. The van der Waals surface area contributed by atoms with Gasteiger partial charge in [-0.15, -0.1) is 0 Å². The third kappa shape index (κ3) is 3.71. The molecule has 0 aliphatic heterocycles. The van der Waals surface area contributed by atoms with E-state index in [1.54, 1.807) is 0 Å². The first kappa shape index (κ1) is 14.3. The van der Waals surface area contributed by atoms with Gasteiger partial charge in [0.05, 0.1) is 0 Å². The topological polar surface area (TPSA) is 0 Å². The summed E-state index contributed by atoms with van der Waals surface area (Å²) in [6, 6.07) is 7.72. The molecule has 0 N–H and O–H groups in total. The zero-order chi connectivity index (χ0) is 13.0. The van der Waals surface area contributed by atoms with Gasteiger partial charge in [-0.2, -0.15) is 0 Å². The van der Waals surface area contributed by atoms with Crippen LogP contribution in [-0.2, 0) is 0 Å². The zero-order valence-electron chi connectivity index (χ0n) is 10.4. The molecule has 1 atom stereocenters. The molecular formula is C15H19BrClF. The Kier molecular flexibility index (Phi) is 5.50. The molecule has 1 fully saturated rings. The third-order valence-electron chi connectivity index (χ3n) is 4.02. The fourth-order valence-electron chi connectivity index (χ4n) is 2.85. The molecule has 1 aliphatic carbocycles. The lowest BCUT2D eigenvalue weighted by molar-refractivity contribution is 0.321. The molecule has 0 bridgehead atoms. The Bertz CT molecular complexity index is 355. The van der Waals surface area contributed by atoms with Crippen LogP contribution in [0.2, 0.25) is 0 Å². The smallest absolute Gasteiger partial charge is 0.198 e. The lowest BCUT2D eigenvalue weighted by Crippen LogP contribution is -2.13. The minimum atomic E-state index is -1.38. The Morgan fingerprint density at radius 1 is 1.17 bits per heavy atom. The maximum Gasteiger partial charge on any atom is 0.198 e. The van der Waals surface area contributed by atoms with Crippen LogP contribution in [0.3, 0.4) is 0 Å². The molecule has 0 heterocycles. The molecular weight excluding hydrogens is 315 g/mol. The van der Waals surface area contributed by atoms with Crippen molar-refractivity contribution in [1.82, 2.24) is 0 Å². The molecule has 1 aromatic rings. The molecule has 0 saturated heterocycles. The summed E-state index contributed by atoms with van der Waals surface area (Å²) >= 11 is 8.94. The number of benzene rings is 1. The Labute approximate surface area is 122 Å². The van der Waals surface area contributed by atoms with Gasteiger partial charge in [0, 0.05) is 10.9 Å². The van der Waals surface area contributed by atoms with Crippen LogP contribution >= 0.6 is 27.5 Å². The molecule has 0 spiro atoms. The quantitative estimate of drug-likeness (QED) is 0.597. The van der Waals surface area contributed by atoms with Crippen molar-refractivity contribution in [3.8, 4) is 0 Å². The van der Waals surface area contributed by atoms with Crippen LogP contribution in [-0.4, -0.2) is 5.33 Å². The molecule has 0 nitrogen and oxygen atoms in total. The van der Waals surface area contributed by atoms with Crippen LogP contribution in [0.4, 0.5) is 4.39 Å². The number of rotatable bonds is 4. The Balaban J connectivity index is 1.93. The highest BCUT2D eigenvalue weighted by molar-refractivity contribution is 9.09. The average molecular weight is 334 g/mol. The molecule has 0 radical (unpaired) electrons. The van der Waals surface area contributed by atoms with E-state index in [0.29, 0.717) is 11.5 Å². The van der Waals surface area contributed by atoms with Gasteiger partial charge in [-0.25, -0.2) is 4.39 Å². The second-order valence-electron chi connectivity index (χ2n) is 5.16. The van der Waals surface area contributed by atoms with E-state index in [1.807, 2.05) is 24.3 Å². The fourth-order valence-corrected chi connectivity index (χ4v) is 3.65. The van der Waals surface area contributed by atoms with Crippen molar-refractivity contribution >= 4 is 27.5 Å². The van der Waals surface area contributed by atoms with Crippen molar-refractivity contribution in [3.63, 3.8) is 0 Å². The van der Waals surface area contributed by atoms with Crippen LogP contribution in [0.1, 0.15) is 54.8 Å². The van der Waals surface area contributed by atoms with Gasteiger partial charge < -0.3 is 0 Å². The molecule has 1 unspecified atom stereocenters. The van der Waals surface area contributed by atoms with Crippen molar-refractivity contribution in [2.45, 2.75) is 43.7 Å². The van der Waals surface area contributed by atoms with Crippen LogP contribution < -0.4 is 0 Å². The molecule has 1 saturated carbocycles. The van der Waals surface area contributed by atoms with Gasteiger partial charge in [-0.05, 0) is 49.5 Å². The molecule has 1 aliphatic rings. The van der Waals surface area contributed by atoms with Gasteiger partial charge in [-0.3, -0.25) is 0 Å². The lowest BCUT2D eigenvalue weighted by Gasteiger charge is -2.28. The Hall–Kier alpha value is -0.0800. The van der Waals surface area contributed by atoms with Gasteiger partial charge in [0.25, 0.3) is 0 Å². The highest BCUT2D eigenvalue weighted by Gasteiger charge is 2.21. The standard InChI is InChI=1S/C15H19BrClF/c16-10-9-11-1-3-12(4-2-11)13-5-7-14(8-6-13)15(17)18/h5-8,11-12,15H,1-4,9-10H2/t11-,12-,15?. The lowest BCUT2D eigenvalue weighted by atomic mass is 9.78. The largest absolute Gasteiger partial charge is 0.225 e. The van der Waals surface area contributed by atoms with E-state index in [-0.39, 0.29) is 0 Å². The van der Waals surface area contributed by atoms with Crippen molar-refractivity contribution in [3.05, 3.63) is 35.4 Å². The molecule has 100 valence electrons.